The Morgan fingerprint density at radius 3 is 2.67 bits per heavy atom. The fourth-order valence-electron chi connectivity index (χ4n) is 0.880. The highest BCUT2D eigenvalue weighted by Crippen LogP contribution is 2.20. The number of nitro groups is 1. The van der Waals surface area contributed by atoms with Crippen LogP contribution in [0.1, 0.15) is 5.56 Å². The van der Waals surface area contributed by atoms with E-state index in [9.17, 15) is 10.1 Å². The molecule has 64 valence electrons. The maximum Gasteiger partial charge on any atom is 0.273 e. The monoisotopic (exact) mass is 168 g/mol. The largest absolute Gasteiger partial charge is 0.508 e. The van der Waals surface area contributed by atoms with Gasteiger partial charge in [0.05, 0.1) is 11.0 Å². The summed E-state index contributed by atoms with van der Waals surface area (Å²) in [6.07, 6.45) is 0. The molecule has 0 aliphatic rings. The van der Waals surface area contributed by atoms with Crippen LogP contribution in [0, 0.1) is 10.1 Å². The van der Waals surface area contributed by atoms with E-state index in [1.807, 2.05) is 0 Å². The lowest BCUT2D eigenvalue weighted by atomic mass is 10.2. The summed E-state index contributed by atoms with van der Waals surface area (Å²) < 4.78 is 0. The molecule has 0 spiro atoms. The third-order valence-electron chi connectivity index (χ3n) is 1.41. The van der Waals surface area contributed by atoms with Crippen molar-refractivity contribution in [2.45, 2.75) is 6.54 Å². The van der Waals surface area contributed by atoms with Crippen molar-refractivity contribution in [1.82, 2.24) is 0 Å². The molecule has 0 aliphatic heterocycles. The van der Waals surface area contributed by atoms with Gasteiger partial charge in [0.1, 0.15) is 5.75 Å². The molecular weight excluding hydrogens is 160 g/mol. The van der Waals surface area contributed by atoms with Crippen LogP contribution >= 0.6 is 0 Å². The van der Waals surface area contributed by atoms with Gasteiger partial charge in [0.25, 0.3) is 5.69 Å². The van der Waals surface area contributed by atoms with Gasteiger partial charge in [-0.15, -0.1) is 0 Å². The average Bonchev–Trinajstić information content (AvgIpc) is 2.03. The van der Waals surface area contributed by atoms with E-state index < -0.39 is 4.92 Å². The number of non-ortho nitro benzene ring substituents is 1. The lowest BCUT2D eigenvalue weighted by Crippen LogP contribution is -1.97. The Hall–Kier alpha value is -1.62. The van der Waals surface area contributed by atoms with Crippen LogP contribution in [0.2, 0.25) is 0 Å². The molecule has 5 heteroatoms. The van der Waals surface area contributed by atoms with Crippen molar-refractivity contribution in [3.8, 4) is 5.75 Å². The van der Waals surface area contributed by atoms with Crippen molar-refractivity contribution < 1.29 is 10.0 Å². The van der Waals surface area contributed by atoms with E-state index in [1.165, 1.54) is 12.1 Å². The first-order chi connectivity index (χ1) is 5.63. The number of benzene rings is 1. The molecule has 0 unspecified atom stereocenters. The quantitative estimate of drug-likeness (QED) is 0.503. The summed E-state index contributed by atoms with van der Waals surface area (Å²) in [6.45, 7) is 0.176. The Morgan fingerprint density at radius 2 is 2.17 bits per heavy atom. The SMILES string of the molecule is NCc1cc(O)cc([N+](=O)[O-])c1. The summed E-state index contributed by atoms with van der Waals surface area (Å²) in [5.74, 6) is -0.135. The number of hydrogen-bond acceptors (Lipinski definition) is 4. The van der Waals surface area contributed by atoms with Crippen LogP contribution in [0.5, 0.6) is 5.75 Å². The molecule has 0 amide bonds. The van der Waals surface area contributed by atoms with Crippen molar-refractivity contribution in [3.63, 3.8) is 0 Å². The highest BCUT2D eigenvalue weighted by atomic mass is 16.6. The van der Waals surface area contributed by atoms with Gasteiger partial charge < -0.3 is 10.8 Å². The third-order valence-corrected chi connectivity index (χ3v) is 1.41. The van der Waals surface area contributed by atoms with Gasteiger partial charge in [0.15, 0.2) is 0 Å². The Kier molecular flexibility index (Phi) is 2.25. The number of nitrogens with zero attached hydrogens (tertiary/aromatic N) is 1. The van der Waals surface area contributed by atoms with Crippen LogP contribution in [0.4, 0.5) is 5.69 Å². The van der Waals surface area contributed by atoms with Crippen LogP contribution in [0.3, 0.4) is 0 Å². The van der Waals surface area contributed by atoms with Crippen molar-refractivity contribution in [1.29, 1.82) is 0 Å². The van der Waals surface area contributed by atoms with Crippen molar-refractivity contribution >= 4 is 5.69 Å². The summed E-state index contributed by atoms with van der Waals surface area (Å²) in [5.41, 5.74) is 5.65. The fourth-order valence-corrected chi connectivity index (χ4v) is 0.880. The van der Waals surface area contributed by atoms with E-state index >= 15 is 0 Å². The minimum absolute atomic E-state index is 0.135. The first-order valence-corrected chi connectivity index (χ1v) is 3.31. The second kappa shape index (κ2) is 3.19. The Morgan fingerprint density at radius 1 is 1.50 bits per heavy atom. The molecule has 1 rings (SSSR count). The highest BCUT2D eigenvalue weighted by molar-refractivity contribution is 5.41. The van der Waals surface area contributed by atoms with Crippen molar-refractivity contribution in [2.75, 3.05) is 0 Å². The molecule has 0 radical (unpaired) electrons. The molecule has 0 aliphatic carbocycles. The van der Waals surface area contributed by atoms with Gasteiger partial charge in [-0.1, -0.05) is 0 Å². The zero-order valence-electron chi connectivity index (χ0n) is 6.23. The van der Waals surface area contributed by atoms with Gasteiger partial charge >= 0.3 is 0 Å². The molecular formula is C7H8N2O3. The molecule has 0 heterocycles. The van der Waals surface area contributed by atoms with Crippen LogP contribution in [0.25, 0.3) is 0 Å². The van der Waals surface area contributed by atoms with E-state index in [0.717, 1.165) is 6.07 Å². The Bertz CT molecular complexity index is 312. The van der Waals surface area contributed by atoms with Gasteiger partial charge in [-0.3, -0.25) is 10.1 Å². The molecule has 0 atom stereocenters. The molecule has 12 heavy (non-hydrogen) atoms. The smallest absolute Gasteiger partial charge is 0.273 e. The summed E-state index contributed by atoms with van der Waals surface area (Å²) in [6, 6.07) is 3.81. The maximum atomic E-state index is 10.3. The maximum absolute atomic E-state index is 10.3. The number of nitrogens with two attached hydrogens (primary N) is 1. The van der Waals surface area contributed by atoms with Crippen LogP contribution in [-0.4, -0.2) is 10.0 Å². The summed E-state index contributed by atoms with van der Waals surface area (Å²) in [4.78, 5) is 9.70. The second-order valence-electron chi connectivity index (χ2n) is 2.32. The first-order valence-electron chi connectivity index (χ1n) is 3.31. The number of nitro benzene ring substituents is 1. The molecule has 0 fully saturated rings. The Balaban J connectivity index is 3.15. The lowest BCUT2D eigenvalue weighted by molar-refractivity contribution is -0.385. The fraction of sp³-hybridized carbons (Fsp3) is 0.143. The molecule has 0 saturated carbocycles. The summed E-state index contributed by atoms with van der Waals surface area (Å²) in [5, 5.41) is 19.3. The normalized spacial score (nSPS) is 9.75. The summed E-state index contributed by atoms with van der Waals surface area (Å²) >= 11 is 0. The standard InChI is InChI=1S/C7H8N2O3/c8-4-5-1-6(9(11)12)3-7(10)2-5/h1-3,10H,4,8H2. The minimum atomic E-state index is -0.571. The topological polar surface area (TPSA) is 89.4 Å². The molecule has 5 nitrogen and oxygen atoms in total. The third kappa shape index (κ3) is 1.70. The van der Waals surface area contributed by atoms with Gasteiger partial charge in [-0.2, -0.15) is 0 Å². The average molecular weight is 168 g/mol. The van der Waals surface area contributed by atoms with Crippen LogP contribution in [-0.2, 0) is 6.54 Å². The minimum Gasteiger partial charge on any atom is -0.508 e. The molecule has 1 aromatic rings. The molecule has 0 bridgehead atoms. The van der Waals surface area contributed by atoms with Gasteiger partial charge in [0, 0.05) is 12.6 Å². The first kappa shape index (κ1) is 8.48. The molecule has 3 N–H and O–H groups in total. The highest BCUT2D eigenvalue weighted by Gasteiger charge is 2.07. The predicted octanol–water partition coefficient (Wildman–Crippen LogP) is 0.759. The molecule has 1 aromatic carbocycles. The van der Waals surface area contributed by atoms with E-state index in [4.69, 9.17) is 10.8 Å². The zero-order valence-corrected chi connectivity index (χ0v) is 6.23. The Labute approximate surface area is 68.6 Å². The predicted molar refractivity (Wildman–Crippen MR) is 42.7 cm³/mol. The number of phenolic OH excluding ortho intramolecular Hbond substituents is 1. The molecule has 0 aromatic heterocycles. The van der Waals surface area contributed by atoms with E-state index in [1.54, 1.807) is 0 Å². The summed E-state index contributed by atoms with van der Waals surface area (Å²) in [7, 11) is 0. The molecule has 0 saturated heterocycles. The van der Waals surface area contributed by atoms with Gasteiger partial charge in [0.2, 0.25) is 0 Å². The van der Waals surface area contributed by atoms with E-state index in [2.05, 4.69) is 0 Å². The van der Waals surface area contributed by atoms with Crippen molar-refractivity contribution in [3.05, 3.63) is 33.9 Å². The van der Waals surface area contributed by atoms with Crippen molar-refractivity contribution in [2.24, 2.45) is 5.73 Å². The van der Waals surface area contributed by atoms with Crippen LogP contribution in [0.15, 0.2) is 18.2 Å². The van der Waals surface area contributed by atoms with Gasteiger partial charge in [-0.05, 0) is 11.6 Å². The number of hydrogen-bond donors (Lipinski definition) is 2. The number of aromatic hydroxyl groups is 1. The van der Waals surface area contributed by atoms with Crippen LogP contribution < -0.4 is 5.73 Å². The number of phenols is 1. The van der Waals surface area contributed by atoms with Gasteiger partial charge in [-0.25, -0.2) is 0 Å². The zero-order chi connectivity index (χ0) is 9.14. The van der Waals surface area contributed by atoms with E-state index in [0.29, 0.717) is 5.56 Å². The second-order valence-corrected chi connectivity index (χ2v) is 2.32. The lowest BCUT2D eigenvalue weighted by Gasteiger charge is -1.97. The number of rotatable bonds is 2. The van der Waals surface area contributed by atoms with E-state index in [-0.39, 0.29) is 18.0 Å².